The number of nitrogens with zero attached hydrogens (tertiary/aromatic N) is 1. The highest BCUT2D eigenvalue weighted by Crippen LogP contribution is 2.19. The lowest BCUT2D eigenvalue weighted by Gasteiger charge is -2.42. The predicted octanol–water partition coefficient (Wildman–Crippen LogP) is 1.47. The highest BCUT2D eigenvalue weighted by atomic mass is 16.5. The second kappa shape index (κ2) is 7.21. The number of nitrogens with two attached hydrogens (primary N) is 1. The standard InChI is InChI=1S/C11H26N2O/c1-5-8-13(7-3)11(6-2,9-12)10-14-4/h5-10,12H2,1-4H3. The van der Waals surface area contributed by atoms with Crippen LogP contribution in [-0.4, -0.2) is 43.8 Å². The molecule has 0 aliphatic carbocycles. The monoisotopic (exact) mass is 202 g/mol. The maximum atomic E-state index is 5.89. The van der Waals surface area contributed by atoms with E-state index in [1.165, 1.54) is 6.42 Å². The van der Waals surface area contributed by atoms with Crippen LogP contribution in [0.15, 0.2) is 0 Å². The van der Waals surface area contributed by atoms with Crippen molar-refractivity contribution in [2.75, 3.05) is 33.4 Å². The van der Waals surface area contributed by atoms with Gasteiger partial charge in [-0.25, -0.2) is 0 Å². The number of ether oxygens (including phenoxy) is 1. The molecule has 3 nitrogen and oxygen atoms in total. The Balaban J connectivity index is 4.54. The van der Waals surface area contributed by atoms with Gasteiger partial charge < -0.3 is 10.5 Å². The summed E-state index contributed by atoms with van der Waals surface area (Å²) in [5, 5.41) is 0. The predicted molar refractivity (Wildman–Crippen MR) is 61.5 cm³/mol. The summed E-state index contributed by atoms with van der Waals surface area (Å²) in [5.41, 5.74) is 5.93. The van der Waals surface area contributed by atoms with Gasteiger partial charge in [-0.3, -0.25) is 4.90 Å². The molecule has 0 aromatic heterocycles. The zero-order valence-electron chi connectivity index (χ0n) is 10.2. The van der Waals surface area contributed by atoms with Crippen LogP contribution in [0.1, 0.15) is 33.6 Å². The topological polar surface area (TPSA) is 38.5 Å². The van der Waals surface area contributed by atoms with Gasteiger partial charge in [0.1, 0.15) is 0 Å². The minimum Gasteiger partial charge on any atom is -0.383 e. The van der Waals surface area contributed by atoms with Gasteiger partial charge in [-0.15, -0.1) is 0 Å². The van der Waals surface area contributed by atoms with Crippen LogP contribution in [-0.2, 0) is 4.74 Å². The van der Waals surface area contributed by atoms with Crippen LogP contribution in [0.2, 0.25) is 0 Å². The second-order valence-electron chi connectivity index (χ2n) is 3.79. The third kappa shape index (κ3) is 3.23. The molecule has 0 aromatic rings. The van der Waals surface area contributed by atoms with E-state index in [1.54, 1.807) is 7.11 Å². The Morgan fingerprint density at radius 3 is 2.21 bits per heavy atom. The number of hydrogen-bond acceptors (Lipinski definition) is 3. The highest BCUT2D eigenvalue weighted by Gasteiger charge is 2.32. The summed E-state index contributed by atoms with van der Waals surface area (Å²) in [4.78, 5) is 2.44. The first-order valence-electron chi connectivity index (χ1n) is 5.64. The van der Waals surface area contributed by atoms with Crippen molar-refractivity contribution < 1.29 is 4.74 Å². The van der Waals surface area contributed by atoms with E-state index < -0.39 is 0 Å². The van der Waals surface area contributed by atoms with Gasteiger partial charge in [-0.2, -0.15) is 0 Å². The smallest absolute Gasteiger partial charge is 0.0658 e. The van der Waals surface area contributed by atoms with Crippen LogP contribution in [0.3, 0.4) is 0 Å². The van der Waals surface area contributed by atoms with E-state index in [0.29, 0.717) is 6.54 Å². The lowest BCUT2D eigenvalue weighted by molar-refractivity contribution is 0.0148. The number of rotatable bonds is 8. The average molecular weight is 202 g/mol. The van der Waals surface area contributed by atoms with Crippen LogP contribution < -0.4 is 5.73 Å². The molecule has 0 aromatic carbocycles. The van der Waals surface area contributed by atoms with E-state index in [9.17, 15) is 0 Å². The van der Waals surface area contributed by atoms with E-state index in [2.05, 4.69) is 25.7 Å². The first-order chi connectivity index (χ1) is 6.70. The van der Waals surface area contributed by atoms with Crippen molar-refractivity contribution in [3.63, 3.8) is 0 Å². The third-order valence-electron chi connectivity index (χ3n) is 3.00. The molecule has 0 rings (SSSR count). The van der Waals surface area contributed by atoms with Crippen molar-refractivity contribution in [3.8, 4) is 0 Å². The molecule has 0 heterocycles. The van der Waals surface area contributed by atoms with Gasteiger partial charge in [0, 0.05) is 13.7 Å². The van der Waals surface area contributed by atoms with Gasteiger partial charge in [0.25, 0.3) is 0 Å². The summed E-state index contributed by atoms with van der Waals surface area (Å²) < 4.78 is 5.30. The molecule has 0 bridgehead atoms. The Kier molecular flexibility index (Phi) is 7.15. The van der Waals surface area contributed by atoms with Crippen molar-refractivity contribution in [1.29, 1.82) is 0 Å². The number of hydrogen-bond donors (Lipinski definition) is 1. The van der Waals surface area contributed by atoms with E-state index in [4.69, 9.17) is 10.5 Å². The minimum absolute atomic E-state index is 0.0412. The molecule has 0 aliphatic rings. The molecule has 0 spiro atoms. The summed E-state index contributed by atoms with van der Waals surface area (Å²) in [5.74, 6) is 0. The van der Waals surface area contributed by atoms with Gasteiger partial charge in [-0.05, 0) is 25.9 Å². The molecular weight excluding hydrogens is 176 g/mol. The zero-order valence-corrected chi connectivity index (χ0v) is 10.2. The maximum Gasteiger partial charge on any atom is 0.0658 e. The fourth-order valence-electron chi connectivity index (χ4n) is 2.02. The largest absolute Gasteiger partial charge is 0.383 e. The fourth-order valence-corrected chi connectivity index (χ4v) is 2.02. The molecule has 0 fully saturated rings. The Labute approximate surface area is 88.6 Å². The first-order valence-corrected chi connectivity index (χ1v) is 5.64. The van der Waals surface area contributed by atoms with Crippen LogP contribution in [0.4, 0.5) is 0 Å². The molecule has 3 heteroatoms. The van der Waals surface area contributed by atoms with Gasteiger partial charge >= 0.3 is 0 Å². The van der Waals surface area contributed by atoms with Gasteiger partial charge in [0.15, 0.2) is 0 Å². The molecule has 0 saturated carbocycles. The van der Waals surface area contributed by atoms with Crippen LogP contribution >= 0.6 is 0 Å². The molecule has 0 saturated heterocycles. The van der Waals surface area contributed by atoms with Crippen LogP contribution in [0, 0.1) is 0 Å². The quantitative estimate of drug-likeness (QED) is 0.648. The van der Waals surface area contributed by atoms with E-state index in [0.717, 1.165) is 26.1 Å². The maximum absolute atomic E-state index is 5.89. The summed E-state index contributed by atoms with van der Waals surface area (Å²) in [6.07, 6.45) is 2.21. The molecule has 86 valence electrons. The summed E-state index contributed by atoms with van der Waals surface area (Å²) in [7, 11) is 1.75. The molecule has 1 unspecified atom stereocenters. The van der Waals surface area contributed by atoms with Crippen molar-refractivity contribution >= 4 is 0 Å². The molecule has 2 N–H and O–H groups in total. The SMILES string of the molecule is CCCN(CC)C(CC)(CN)COC. The van der Waals surface area contributed by atoms with E-state index in [1.807, 2.05) is 0 Å². The van der Waals surface area contributed by atoms with Crippen molar-refractivity contribution in [1.82, 2.24) is 4.90 Å². The third-order valence-corrected chi connectivity index (χ3v) is 3.00. The zero-order chi connectivity index (χ0) is 11.0. The molecule has 0 amide bonds. The Hall–Kier alpha value is -0.120. The normalized spacial score (nSPS) is 15.9. The minimum atomic E-state index is 0.0412. The number of likely N-dealkylation sites (N-methyl/N-ethyl adjacent to an activating group) is 1. The molecule has 0 aliphatic heterocycles. The average Bonchev–Trinajstić information content (AvgIpc) is 2.23. The molecule has 0 radical (unpaired) electrons. The molecular formula is C11H26N2O. The van der Waals surface area contributed by atoms with E-state index >= 15 is 0 Å². The molecule has 14 heavy (non-hydrogen) atoms. The Bertz CT molecular complexity index is 135. The lowest BCUT2D eigenvalue weighted by atomic mass is 9.94. The summed E-state index contributed by atoms with van der Waals surface area (Å²) in [6, 6.07) is 0. The van der Waals surface area contributed by atoms with Crippen LogP contribution in [0.5, 0.6) is 0 Å². The van der Waals surface area contributed by atoms with Crippen molar-refractivity contribution in [3.05, 3.63) is 0 Å². The second-order valence-corrected chi connectivity index (χ2v) is 3.79. The highest BCUT2D eigenvalue weighted by molar-refractivity contribution is 4.90. The lowest BCUT2D eigenvalue weighted by Crippen LogP contribution is -2.56. The fraction of sp³-hybridized carbons (Fsp3) is 1.00. The summed E-state index contributed by atoms with van der Waals surface area (Å²) in [6.45, 7) is 10.1. The number of methoxy groups -OCH3 is 1. The van der Waals surface area contributed by atoms with Crippen molar-refractivity contribution in [2.24, 2.45) is 5.73 Å². The summed E-state index contributed by atoms with van der Waals surface area (Å²) >= 11 is 0. The van der Waals surface area contributed by atoms with Gasteiger partial charge in [0.05, 0.1) is 12.1 Å². The first kappa shape index (κ1) is 13.9. The van der Waals surface area contributed by atoms with Gasteiger partial charge in [-0.1, -0.05) is 20.8 Å². The Morgan fingerprint density at radius 2 is 1.93 bits per heavy atom. The van der Waals surface area contributed by atoms with Gasteiger partial charge in [0.2, 0.25) is 0 Å². The molecule has 1 atom stereocenters. The van der Waals surface area contributed by atoms with Crippen molar-refractivity contribution in [2.45, 2.75) is 39.2 Å². The Morgan fingerprint density at radius 1 is 1.29 bits per heavy atom. The van der Waals surface area contributed by atoms with E-state index in [-0.39, 0.29) is 5.54 Å². The van der Waals surface area contributed by atoms with Crippen LogP contribution in [0.25, 0.3) is 0 Å².